The SMILES string of the molecule is CN=C(NCCc1coc(-c2ccc(F)cc2)n1)NCC1CCCO1. The maximum absolute atomic E-state index is 13.0. The molecule has 1 aromatic carbocycles. The van der Waals surface area contributed by atoms with Gasteiger partial charge in [0, 0.05) is 38.7 Å². The molecule has 2 aromatic rings. The van der Waals surface area contributed by atoms with Crippen LogP contribution in [0.4, 0.5) is 4.39 Å². The summed E-state index contributed by atoms with van der Waals surface area (Å²) in [6, 6.07) is 6.09. The van der Waals surface area contributed by atoms with E-state index < -0.39 is 0 Å². The second-order valence-electron chi connectivity index (χ2n) is 5.92. The van der Waals surface area contributed by atoms with Gasteiger partial charge in [0.1, 0.15) is 12.1 Å². The van der Waals surface area contributed by atoms with E-state index >= 15 is 0 Å². The van der Waals surface area contributed by atoms with Crippen molar-refractivity contribution in [2.45, 2.75) is 25.4 Å². The van der Waals surface area contributed by atoms with Crippen LogP contribution in [-0.2, 0) is 11.2 Å². The lowest BCUT2D eigenvalue weighted by molar-refractivity contribution is 0.114. The molecule has 0 saturated carbocycles. The number of nitrogens with one attached hydrogen (secondary N) is 2. The molecule has 2 N–H and O–H groups in total. The summed E-state index contributed by atoms with van der Waals surface area (Å²) >= 11 is 0. The molecule has 7 heteroatoms. The first-order valence-corrected chi connectivity index (χ1v) is 8.51. The second-order valence-corrected chi connectivity index (χ2v) is 5.92. The Morgan fingerprint density at radius 2 is 2.16 bits per heavy atom. The molecule has 3 rings (SSSR count). The highest BCUT2D eigenvalue weighted by atomic mass is 19.1. The highest BCUT2D eigenvalue weighted by Crippen LogP contribution is 2.19. The smallest absolute Gasteiger partial charge is 0.226 e. The van der Waals surface area contributed by atoms with Crippen LogP contribution in [-0.4, -0.2) is 43.8 Å². The molecule has 1 fully saturated rings. The number of hydrogen-bond acceptors (Lipinski definition) is 4. The summed E-state index contributed by atoms with van der Waals surface area (Å²) in [5, 5.41) is 6.52. The maximum Gasteiger partial charge on any atom is 0.226 e. The third-order valence-corrected chi connectivity index (χ3v) is 4.06. The molecular formula is C18H23FN4O2. The van der Waals surface area contributed by atoms with Crippen LogP contribution in [0.5, 0.6) is 0 Å². The van der Waals surface area contributed by atoms with E-state index in [4.69, 9.17) is 9.15 Å². The van der Waals surface area contributed by atoms with Gasteiger partial charge >= 0.3 is 0 Å². The molecule has 0 amide bonds. The lowest BCUT2D eigenvalue weighted by Gasteiger charge is -2.14. The minimum absolute atomic E-state index is 0.271. The number of hydrogen-bond donors (Lipinski definition) is 2. The zero-order valence-electron chi connectivity index (χ0n) is 14.3. The number of halogens is 1. The highest BCUT2D eigenvalue weighted by Gasteiger charge is 2.15. The Bertz CT molecular complexity index is 693. The summed E-state index contributed by atoms with van der Waals surface area (Å²) in [4.78, 5) is 8.63. The van der Waals surface area contributed by atoms with Crippen LogP contribution in [0.3, 0.4) is 0 Å². The largest absolute Gasteiger partial charge is 0.444 e. The summed E-state index contributed by atoms with van der Waals surface area (Å²) in [5.74, 6) is 0.968. The van der Waals surface area contributed by atoms with Crippen molar-refractivity contribution < 1.29 is 13.5 Å². The molecule has 1 aliphatic heterocycles. The van der Waals surface area contributed by atoms with Crippen LogP contribution in [0.2, 0.25) is 0 Å². The minimum Gasteiger partial charge on any atom is -0.444 e. The van der Waals surface area contributed by atoms with Crippen LogP contribution in [0.1, 0.15) is 18.5 Å². The van der Waals surface area contributed by atoms with E-state index in [-0.39, 0.29) is 11.9 Å². The summed E-state index contributed by atoms with van der Waals surface area (Å²) in [5.41, 5.74) is 1.59. The summed E-state index contributed by atoms with van der Waals surface area (Å²) in [6.07, 6.45) is 4.82. The molecule has 1 aliphatic rings. The Morgan fingerprint density at radius 3 is 2.88 bits per heavy atom. The van der Waals surface area contributed by atoms with E-state index in [1.807, 2.05) is 0 Å². The fourth-order valence-electron chi connectivity index (χ4n) is 2.69. The van der Waals surface area contributed by atoms with Gasteiger partial charge in [-0.2, -0.15) is 0 Å². The average molecular weight is 346 g/mol. The fraction of sp³-hybridized carbons (Fsp3) is 0.444. The Morgan fingerprint density at radius 1 is 1.32 bits per heavy atom. The van der Waals surface area contributed by atoms with Crippen LogP contribution >= 0.6 is 0 Å². The van der Waals surface area contributed by atoms with Crippen LogP contribution < -0.4 is 10.6 Å². The van der Waals surface area contributed by atoms with E-state index in [2.05, 4.69) is 20.6 Å². The van der Waals surface area contributed by atoms with Crippen LogP contribution in [0.25, 0.3) is 11.5 Å². The predicted molar refractivity (Wildman–Crippen MR) is 93.9 cm³/mol. The molecule has 0 bridgehead atoms. The lowest BCUT2D eigenvalue weighted by atomic mass is 10.2. The Balaban J connectivity index is 1.44. The molecule has 1 unspecified atom stereocenters. The zero-order chi connectivity index (χ0) is 17.5. The number of aliphatic imine (C=N–C) groups is 1. The molecule has 1 atom stereocenters. The van der Waals surface area contributed by atoms with E-state index in [9.17, 15) is 4.39 Å². The van der Waals surface area contributed by atoms with Crippen molar-refractivity contribution >= 4 is 5.96 Å². The second kappa shape index (κ2) is 8.62. The van der Waals surface area contributed by atoms with Crippen molar-refractivity contribution in [3.8, 4) is 11.5 Å². The van der Waals surface area contributed by atoms with E-state index in [0.29, 0.717) is 18.9 Å². The Hall–Kier alpha value is -2.41. The Labute approximate surface area is 146 Å². The minimum atomic E-state index is -0.276. The average Bonchev–Trinajstić information content (AvgIpc) is 3.30. The first-order chi connectivity index (χ1) is 12.2. The predicted octanol–water partition coefficient (Wildman–Crippen LogP) is 2.37. The van der Waals surface area contributed by atoms with Crippen LogP contribution in [0.15, 0.2) is 39.9 Å². The first-order valence-electron chi connectivity index (χ1n) is 8.51. The number of benzene rings is 1. The first kappa shape index (κ1) is 17.4. The van der Waals surface area contributed by atoms with Crippen molar-refractivity contribution in [3.63, 3.8) is 0 Å². The van der Waals surface area contributed by atoms with Crippen molar-refractivity contribution in [3.05, 3.63) is 42.0 Å². The molecule has 0 spiro atoms. The van der Waals surface area contributed by atoms with Gasteiger partial charge in [0.05, 0.1) is 11.8 Å². The molecular weight excluding hydrogens is 323 g/mol. The number of ether oxygens (including phenoxy) is 1. The van der Waals surface area contributed by atoms with Gasteiger partial charge in [-0.1, -0.05) is 0 Å². The van der Waals surface area contributed by atoms with Gasteiger partial charge in [0.15, 0.2) is 5.96 Å². The maximum atomic E-state index is 13.0. The van der Waals surface area contributed by atoms with Gasteiger partial charge in [0.25, 0.3) is 0 Å². The number of nitrogens with zero attached hydrogens (tertiary/aromatic N) is 2. The normalized spacial score (nSPS) is 17.7. The molecule has 0 radical (unpaired) electrons. The number of rotatable bonds is 6. The fourth-order valence-corrected chi connectivity index (χ4v) is 2.69. The van der Waals surface area contributed by atoms with Gasteiger partial charge in [-0.3, -0.25) is 4.99 Å². The molecule has 1 saturated heterocycles. The summed E-state index contributed by atoms with van der Waals surface area (Å²) in [7, 11) is 1.74. The van der Waals surface area contributed by atoms with Crippen molar-refractivity contribution in [2.75, 3.05) is 26.7 Å². The number of aromatic nitrogens is 1. The topological polar surface area (TPSA) is 71.7 Å². The van der Waals surface area contributed by atoms with Crippen LogP contribution in [0, 0.1) is 5.82 Å². The molecule has 1 aromatic heterocycles. The molecule has 25 heavy (non-hydrogen) atoms. The summed E-state index contributed by atoms with van der Waals surface area (Å²) < 4.78 is 24.0. The van der Waals surface area contributed by atoms with Gasteiger partial charge in [-0.05, 0) is 37.1 Å². The van der Waals surface area contributed by atoms with E-state index in [0.717, 1.165) is 43.2 Å². The van der Waals surface area contributed by atoms with Crippen molar-refractivity contribution in [1.82, 2.24) is 15.6 Å². The monoisotopic (exact) mass is 346 g/mol. The third kappa shape index (κ3) is 5.03. The quantitative estimate of drug-likeness (QED) is 0.621. The van der Waals surface area contributed by atoms with Gasteiger partial charge in [-0.25, -0.2) is 9.37 Å². The van der Waals surface area contributed by atoms with Gasteiger partial charge in [0.2, 0.25) is 5.89 Å². The van der Waals surface area contributed by atoms with Gasteiger partial charge in [-0.15, -0.1) is 0 Å². The summed E-state index contributed by atoms with van der Waals surface area (Å²) in [6.45, 7) is 2.29. The molecule has 134 valence electrons. The van der Waals surface area contributed by atoms with E-state index in [1.54, 1.807) is 25.4 Å². The lowest BCUT2D eigenvalue weighted by Crippen LogP contribution is -2.41. The molecule has 2 heterocycles. The molecule has 6 nitrogen and oxygen atoms in total. The van der Waals surface area contributed by atoms with E-state index in [1.165, 1.54) is 12.1 Å². The van der Waals surface area contributed by atoms with Crippen molar-refractivity contribution in [1.29, 1.82) is 0 Å². The highest BCUT2D eigenvalue weighted by molar-refractivity contribution is 5.79. The standard InChI is InChI=1S/C18H23FN4O2/c1-20-18(22-11-16-3-2-10-24-16)21-9-8-15-12-25-17(23-15)13-4-6-14(19)7-5-13/h4-7,12,16H,2-3,8-11H2,1H3,(H2,20,21,22). The van der Waals surface area contributed by atoms with Crippen molar-refractivity contribution in [2.24, 2.45) is 4.99 Å². The number of guanidine groups is 1. The zero-order valence-corrected chi connectivity index (χ0v) is 14.3. The molecule has 0 aliphatic carbocycles. The number of oxazole rings is 1. The Kier molecular flexibility index (Phi) is 6.00. The third-order valence-electron chi connectivity index (χ3n) is 4.06. The van der Waals surface area contributed by atoms with Gasteiger partial charge < -0.3 is 19.8 Å².